The summed E-state index contributed by atoms with van der Waals surface area (Å²) in [6, 6.07) is 3.17. The summed E-state index contributed by atoms with van der Waals surface area (Å²) < 4.78 is 0. The van der Waals surface area contributed by atoms with Gasteiger partial charge >= 0.3 is 5.97 Å². The van der Waals surface area contributed by atoms with E-state index in [0.717, 1.165) is 18.2 Å². The number of phenols is 2. The minimum absolute atomic E-state index is 0.106. The van der Waals surface area contributed by atoms with Crippen LogP contribution in [0, 0.1) is 0 Å². The van der Waals surface area contributed by atoms with E-state index in [-0.39, 0.29) is 5.56 Å². The van der Waals surface area contributed by atoms with Crippen LogP contribution in [0.4, 0.5) is 0 Å². The Labute approximate surface area is 84.5 Å². The maximum absolute atomic E-state index is 11.3. The summed E-state index contributed by atoms with van der Waals surface area (Å²) in [7, 11) is 0. The van der Waals surface area contributed by atoms with Gasteiger partial charge in [-0.15, -0.1) is 0 Å². The molecule has 0 unspecified atom stereocenters. The van der Waals surface area contributed by atoms with Crippen LogP contribution in [0.3, 0.4) is 0 Å². The summed E-state index contributed by atoms with van der Waals surface area (Å²) in [5, 5.41) is 37.8. The molecular formula is C9H8NO5-. The van der Waals surface area contributed by atoms with E-state index in [1.165, 1.54) is 0 Å². The van der Waals surface area contributed by atoms with Crippen LogP contribution in [0.2, 0.25) is 0 Å². The zero-order valence-electron chi connectivity index (χ0n) is 7.47. The lowest BCUT2D eigenvalue weighted by Crippen LogP contribution is -2.18. The molecule has 1 aromatic rings. The second-order valence-electron chi connectivity index (χ2n) is 2.75. The summed E-state index contributed by atoms with van der Waals surface area (Å²) in [5.41, 5.74) is 4.05. The molecular weight excluding hydrogens is 202 g/mol. The molecule has 0 saturated heterocycles. The van der Waals surface area contributed by atoms with Crippen LogP contribution >= 0.6 is 0 Å². The predicted octanol–water partition coefficient (Wildman–Crippen LogP) is -0.830. The minimum atomic E-state index is -1.53. The molecule has 0 bridgehead atoms. The number of carboxylic acid groups (broad SMARTS) is 1. The van der Waals surface area contributed by atoms with Crippen LogP contribution in [-0.4, -0.2) is 21.3 Å². The summed E-state index contributed by atoms with van der Waals surface area (Å²) in [6.07, 6.45) is 0. The molecule has 6 nitrogen and oxygen atoms in total. The molecule has 0 saturated carbocycles. The van der Waals surface area contributed by atoms with E-state index in [9.17, 15) is 9.90 Å². The molecule has 0 fully saturated rings. The van der Waals surface area contributed by atoms with E-state index in [4.69, 9.17) is 21.1 Å². The van der Waals surface area contributed by atoms with Crippen LogP contribution < -0.4 is 10.8 Å². The molecule has 0 atom stereocenters. The Morgan fingerprint density at radius 2 is 1.87 bits per heavy atom. The lowest BCUT2D eigenvalue weighted by molar-refractivity contribution is -0.245. The zero-order chi connectivity index (χ0) is 11.6. The predicted molar refractivity (Wildman–Crippen MR) is 48.5 cm³/mol. The highest BCUT2D eigenvalue weighted by Gasteiger charge is 2.06. The Morgan fingerprint density at radius 3 is 2.33 bits per heavy atom. The van der Waals surface area contributed by atoms with Crippen molar-refractivity contribution in [1.29, 1.82) is 0 Å². The third kappa shape index (κ3) is 2.11. The number of carbonyl (C=O) groups is 1. The van der Waals surface area contributed by atoms with Crippen molar-refractivity contribution in [1.82, 2.24) is 0 Å². The summed E-state index contributed by atoms with van der Waals surface area (Å²) >= 11 is 0. The summed E-state index contributed by atoms with van der Waals surface area (Å²) in [6.45, 7) is 0. The Bertz CT molecular complexity index is 438. The Morgan fingerprint density at radius 1 is 1.27 bits per heavy atom. The molecule has 1 rings (SSSR count). The van der Waals surface area contributed by atoms with Crippen LogP contribution in [-0.2, 0) is 4.79 Å². The highest BCUT2D eigenvalue weighted by atomic mass is 16.4. The zero-order valence-corrected chi connectivity index (χ0v) is 7.47. The highest BCUT2D eigenvalue weighted by molar-refractivity contribution is 5.93. The number of aliphatic carboxylic acids is 1. The second-order valence-corrected chi connectivity index (χ2v) is 2.75. The Balaban J connectivity index is 3.23. The number of aromatic hydroxyl groups is 2. The highest BCUT2D eigenvalue weighted by Crippen LogP contribution is 2.27. The fourth-order valence-electron chi connectivity index (χ4n) is 0.917. The van der Waals surface area contributed by atoms with E-state index >= 15 is 0 Å². The summed E-state index contributed by atoms with van der Waals surface area (Å²) in [5.74, 6) is -3.37. The standard InChI is InChI=1S/C9H9NO5/c10-7(9(14)15)8(13)4-1-2-5(11)6(12)3-4/h1-3,11-13H,10H2,(H,14,15)/p-1/b8-7-. The average molecular weight is 210 g/mol. The molecule has 0 aliphatic carbocycles. The maximum atomic E-state index is 11.3. The normalized spacial score (nSPS) is 12.0. The van der Waals surface area contributed by atoms with Crippen molar-refractivity contribution in [3.05, 3.63) is 29.5 Å². The van der Waals surface area contributed by atoms with Crippen molar-refractivity contribution in [2.24, 2.45) is 5.73 Å². The molecule has 1 aromatic carbocycles. The van der Waals surface area contributed by atoms with Crippen LogP contribution in [0.5, 0.6) is 11.5 Å². The van der Waals surface area contributed by atoms with Gasteiger partial charge in [-0.1, -0.05) is 11.8 Å². The second kappa shape index (κ2) is 3.79. The number of hydrogen-bond donors (Lipinski definition) is 4. The van der Waals surface area contributed by atoms with E-state index in [1.807, 2.05) is 0 Å². The number of rotatable bonds is 2. The van der Waals surface area contributed by atoms with Gasteiger partial charge in [0.05, 0.1) is 0 Å². The molecule has 0 heterocycles. The first-order valence-electron chi connectivity index (χ1n) is 3.86. The molecule has 0 amide bonds. The first kappa shape index (κ1) is 10.7. The van der Waals surface area contributed by atoms with E-state index in [2.05, 4.69) is 0 Å². The van der Waals surface area contributed by atoms with E-state index < -0.39 is 28.9 Å². The van der Waals surface area contributed by atoms with Crippen molar-refractivity contribution in [3.63, 3.8) is 0 Å². The third-order valence-corrected chi connectivity index (χ3v) is 1.71. The van der Waals surface area contributed by atoms with Gasteiger partial charge in [0.25, 0.3) is 0 Å². The monoisotopic (exact) mass is 210 g/mol. The molecule has 0 radical (unpaired) electrons. The summed E-state index contributed by atoms with van der Waals surface area (Å²) in [4.78, 5) is 10.4. The fraction of sp³-hybridized carbons (Fsp3) is 0. The van der Waals surface area contributed by atoms with Gasteiger partial charge in [-0.3, -0.25) is 0 Å². The third-order valence-electron chi connectivity index (χ3n) is 1.71. The largest absolute Gasteiger partial charge is 0.870 e. The molecule has 80 valence electrons. The first-order chi connectivity index (χ1) is 6.93. The Hall–Kier alpha value is -2.37. The average Bonchev–Trinajstić information content (AvgIpc) is 2.19. The van der Waals surface area contributed by atoms with Gasteiger partial charge in [0.2, 0.25) is 0 Å². The molecule has 0 aromatic heterocycles. The number of phenolic OH excluding ortho intramolecular Hbond substituents is 2. The lowest BCUT2D eigenvalue weighted by Gasteiger charge is -2.14. The van der Waals surface area contributed by atoms with Crippen LogP contribution in [0.1, 0.15) is 5.56 Å². The molecule has 0 aliphatic rings. The SMILES string of the molecule is N/C(C(=O)O)=C(\[O-])c1ccc(O)c(O)c1. The number of nitrogens with two attached hydrogens (primary N) is 1. The quantitative estimate of drug-likeness (QED) is 0.286. The smallest absolute Gasteiger partial charge is 0.351 e. The molecule has 15 heavy (non-hydrogen) atoms. The van der Waals surface area contributed by atoms with Gasteiger partial charge in [0.1, 0.15) is 5.70 Å². The van der Waals surface area contributed by atoms with Crippen molar-refractivity contribution in [2.45, 2.75) is 0 Å². The minimum Gasteiger partial charge on any atom is -0.870 e. The number of benzene rings is 1. The van der Waals surface area contributed by atoms with Gasteiger partial charge in [0.15, 0.2) is 11.5 Å². The molecule has 0 spiro atoms. The van der Waals surface area contributed by atoms with Gasteiger partial charge in [0, 0.05) is 0 Å². The van der Waals surface area contributed by atoms with Crippen molar-refractivity contribution < 1.29 is 25.2 Å². The topological polar surface area (TPSA) is 127 Å². The number of hydrogen-bond acceptors (Lipinski definition) is 5. The maximum Gasteiger partial charge on any atom is 0.351 e. The molecule has 0 aliphatic heterocycles. The molecule has 6 heteroatoms. The van der Waals surface area contributed by atoms with Crippen molar-refractivity contribution in [2.75, 3.05) is 0 Å². The van der Waals surface area contributed by atoms with Gasteiger partial charge in [-0.2, -0.15) is 0 Å². The van der Waals surface area contributed by atoms with Crippen molar-refractivity contribution in [3.8, 4) is 11.5 Å². The first-order valence-corrected chi connectivity index (χ1v) is 3.86. The van der Waals surface area contributed by atoms with Gasteiger partial charge in [-0.25, -0.2) is 4.79 Å². The van der Waals surface area contributed by atoms with E-state index in [1.54, 1.807) is 0 Å². The van der Waals surface area contributed by atoms with Crippen LogP contribution in [0.15, 0.2) is 23.9 Å². The lowest BCUT2D eigenvalue weighted by atomic mass is 10.1. The Kier molecular flexibility index (Phi) is 2.70. The fourth-order valence-corrected chi connectivity index (χ4v) is 0.917. The van der Waals surface area contributed by atoms with Crippen LogP contribution in [0.25, 0.3) is 5.76 Å². The van der Waals surface area contributed by atoms with Gasteiger partial charge in [-0.05, 0) is 17.7 Å². The van der Waals surface area contributed by atoms with E-state index in [0.29, 0.717) is 0 Å². The number of carboxylic acids is 1. The molecule has 5 N–H and O–H groups in total. The van der Waals surface area contributed by atoms with Gasteiger partial charge < -0.3 is 26.2 Å². The van der Waals surface area contributed by atoms with Crippen molar-refractivity contribution >= 4 is 11.7 Å².